The highest BCUT2D eigenvalue weighted by molar-refractivity contribution is 5.77. The highest BCUT2D eigenvalue weighted by Crippen LogP contribution is 2.12. The molecule has 1 aromatic heterocycles. The van der Waals surface area contributed by atoms with E-state index in [1.54, 1.807) is 0 Å². The standard InChI is InChI=1S/C16H14N2O2/c19-16-14-10-12(6-7-15(14)17-11-18-16)8-9-20-13-4-2-1-3-5-13/h1-7,10-11H,8-9H2,(H,17,18,19). The molecule has 3 rings (SSSR count). The molecule has 0 amide bonds. The van der Waals surface area contributed by atoms with Gasteiger partial charge in [-0.15, -0.1) is 0 Å². The number of nitrogens with zero attached hydrogens (tertiary/aromatic N) is 1. The van der Waals surface area contributed by atoms with E-state index in [0.717, 1.165) is 17.7 Å². The number of H-pyrrole nitrogens is 1. The number of para-hydroxylation sites is 1. The van der Waals surface area contributed by atoms with Gasteiger partial charge in [0.1, 0.15) is 5.75 Å². The second-order valence-corrected chi connectivity index (χ2v) is 4.49. The van der Waals surface area contributed by atoms with Crippen LogP contribution < -0.4 is 10.3 Å². The second kappa shape index (κ2) is 5.57. The molecule has 0 aliphatic carbocycles. The van der Waals surface area contributed by atoms with Gasteiger partial charge in [0, 0.05) is 6.42 Å². The summed E-state index contributed by atoms with van der Waals surface area (Å²) in [6.07, 6.45) is 2.17. The molecule has 4 heteroatoms. The van der Waals surface area contributed by atoms with Crippen LogP contribution in [-0.4, -0.2) is 16.6 Å². The summed E-state index contributed by atoms with van der Waals surface area (Å²) in [5.74, 6) is 0.854. The molecule has 0 unspecified atom stereocenters. The molecule has 2 aromatic carbocycles. The summed E-state index contributed by atoms with van der Waals surface area (Å²) in [6, 6.07) is 15.4. The summed E-state index contributed by atoms with van der Waals surface area (Å²) in [5.41, 5.74) is 1.66. The molecule has 1 heterocycles. The average Bonchev–Trinajstić information content (AvgIpc) is 2.49. The van der Waals surface area contributed by atoms with Gasteiger partial charge >= 0.3 is 0 Å². The van der Waals surface area contributed by atoms with Crippen LogP contribution in [-0.2, 0) is 6.42 Å². The van der Waals surface area contributed by atoms with Gasteiger partial charge in [0.2, 0.25) is 0 Å². The maximum atomic E-state index is 11.7. The molecule has 1 N–H and O–H groups in total. The van der Waals surface area contributed by atoms with Gasteiger partial charge in [-0.1, -0.05) is 24.3 Å². The first kappa shape index (κ1) is 12.4. The third kappa shape index (κ3) is 2.69. The van der Waals surface area contributed by atoms with E-state index in [1.807, 2.05) is 48.5 Å². The number of hydrogen-bond donors (Lipinski definition) is 1. The summed E-state index contributed by atoms with van der Waals surface area (Å²) in [7, 11) is 0. The predicted octanol–water partition coefficient (Wildman–Crippen LogP) is 2.54. The zero-order valence-electron chi connectivity index (χ0n) is 10.9. The van der Waals surface area contributed by atoms with Crippen molar-refractivity contribution in [1.82, 2.24) is 9.97 Å². The van der Waals surface area contributed by atoms with Gasteiger partial charge in [0.05, 0.1) is 23.8 Å². The monoisotopic (exact) mass is 266 g/mol. The van der Waals surface area contributed by atoms with Gasteiger partial charge in [-0.25, -0.2) is 4.98 Å². The lowest BCUT2D eigenvalue weighted by molar-refractivity contribution is 0.322. The molecular weight excluding hydrogens is 252 g/mol. The van der Waals surface area contributed by atoms with Crippen LogP contribution in [0.4, 0.5) is 0 Å². The topological polar surface area (TPSA) is 55.0 Å². The van der Waals surface area contributed by atoms with Crippen molar-refractivity contribution in [1.29, 1.82) is 0 Å². The van der Waals surface area contributed by atoms with Gasteiger partial charge in [-0.05, 0) is 29.8 Å². The van der Waals surface area contributed by atoms with Crippen molar-refractivity contribution in [3.05, 3.63) is 70.8 Å². The van der Waals surface area contributed by atoms with Crippen LogP contribution in [0.15, 0.2) is 59.7 Å². The number of ether oxygens (including phenoxy) is 1. The molecule has 4 nitrogen and oxygen atoms in total. The van der Waals surface area contributed by atoms with Crippen LogP contribution in [0.5, 0.6) is 5.75 Å². The van der Waals surface area contributed by atoms with E-state index < -0.39 is 0 Å². The van der Waals surface area contributed by atoms with Crippen LogP contribution in [0.2, 0.25) is 0 Å². The summed E-state index contributed by atoms with van der Waals surface area (Å²) in [5, 5.41) is 0.615. The maximum Gasteiger partial charge on any atom is 0.258 e. The third-order valence-electron chi connectivity index (χ3n) is 3.11. The Kier molecular flexibility index (Phi) is 3.46. The van der Waals surface area contributed by atoms with Crippen LogP contribution >= 0.6 is 0 Å². The van der Waals surface area contributed by atoms with Gasteiger partial charge in [0.15, 0.2) is 0 Å². The molecule has 0 fully saturated rings. The molecule has 0 saturated heterocycles. The fourth-order valence-corrected chi connectivity index (χ4v) is 2.07. The lowest BCUT2D eigenvalue weighted by Gasteiger charge is -2.06. The van der Waals surface area contributed by atoms with Crippen molar-refractivity contribution < 1.29 is 4.74 Å². The number of aromatic amines is 1. The third-order valence-corrected chi connectivity index (χ3v) is 3.11. The van der Waals surface area contributed by atoms with Crippen molar-refractivity contribution in [3.63, 3.8) is 0 Å². The quantitative estimate of drug-likeness (QED) is 0.789. The summed E-state index contributed by atoms with van der Waals surface area (Å²) < 4.78 is 5.65. The lowest BCUT2D eigenvalue weighted by Crippen LogP contribution is -2.07. The molecule has 0 saturated carbocycles. The lowest BCUT2D eigenvalue weighted by atomic mass is 10.1. The molecule has 0 aliphatic heterocycles. The van der Waals surface area contributed by atoms with Gasteiger partial charge < -0.3 is 9.72 Å². The normalized spacial score (nSPS) is 10.6. The van der Waals surface area contributed by atoms with Gasteiger partial charge in [-0.2, -0.15) is 0 Å². The fraction of sp³-hybridized carbons (Fsp3) is 0.125. The predicted molar refractivity (Wildman–Crippen MR) is 78.0 cm³/mol. The van der Waals surface area contributed by atoms with E-state index in [-0.39, 0.29) is 5.56 Å². The minimum atomic E-state index is -0.110. The van der Waals surface area contributed by atoms with E-state index >= 15 is 0 Å². The zero-order chi connectivity index (χ0) is 13.8. The first-order valence-corrected chi connectivity index (χ1v) is 6.47. The highest BCUT2D eigenvalue weighted by Gasteiger charge is 2.01. The minimum Gasteiger partial charge on any atom is -0.493 e. The second-order valence-electron chi connectivity index (χ2n) is 4.49. The van der Waals surface area contributed by atoms with Crippen molar-refractivity contribution in [2.45, 2.75) is 6.42 Å². The summed E-state index contributed by atoms with van der Waals surface area (Å²) in [4.78, 5) is 18.4. The fourth-order valence-electron chi connectivity index (χ4n) is 2.07. The molecule has 3 aromatic rings. The van der Waals surface area contributed by atoms with E-state index in [1.165, 1.54) is 6.33 Å². The zero-order valence-corrected chi connectivity index (χ0v) is 10.9. The number of aromatic nitrogens is 2. The summed E-state index contributed by atoms with van der Waals surface area (Å²) in [6.45, 7) is 0.577. The SMILES string of the molecule is O=c1[nH]cnc2ccc(CCOc3ccccc3)cc12. The molecule has 0 bridgehead atoms. The van der Waals surface area contributed by atoms with Crippen LogP contribution in [0.3, 0.4) is 0 Å². The smallest absolute Gasteiger partial charge is 0.258 e. The maximum absolute atomic E-state index is 11.7. The van der Waals surface area contributed by atoms with Crippen molar-refractivity contribution >= 4 is 10.9 Å². The van der Waals surface area contributed by atoms with Crippen LogP contribution in [0.1, 0.15) is 5.56 Å². The number of hydrogen-bond acceptors (Lipinski definition) is 3. The number of rotatable bonds is 4. The number of benzene rings is 2. The molecule has 100 valence electrons. The molecule has 0 atom stereocenters. The Morgan fingerprint density at radius 3 is 2.80 bits per heavy atom. The molecule has 0 radical (unpaired) electrons. The van der Waals surface area contributed by atoms with Crippen LogP contribution in [0.25, 0.3) is 10.9 Å². The first-order valence-electron chi connectivity index (χ1n) is 6.47. The van der Waals surface area contributed by atoms with E-state index in [9.17, 15) is 4.79 Å². The first-order chi connectivity index (χ1) is 9.83. The van der Waals surface area contributed by atoms with E-state index in [0.29, 0.717) is 17.5 Å². The van der Waals surface area contributed by atoms with Crippen molar-refractivity contribution in [3.8, 4) is 5.75 Å². The van der Waals surface area contributed by atoms with E-state index in [4.69, 9.17) is 4.74 Å². The Bertz CT molecular complexity index is 766. The molecular formula is C16H14N2O2. The Morgan fingerprint density at radius 1 is 1.10 bits per heavy atom. The Hall–Kier alpha value is -2.62. The van der Waals surface area contributed by atoms with Crippen molar-refractivity contribution in [2.24, 2.45) is 0 Å². The molecule has 0 spiro atoms. The largest absolute Gasteiger partial charge is 0.493 e. The Balaban J connectivity index is 1.72. The number of nitrogens with one attached hydrogen (secondary N) is 1. The Morgan fingerprint density at radius 2 is 1.95 bits per heavy atom. The highest BCUT2D eigenvalue weighted by atomic mass is 16.5. The van der Waals surface area contributed by atoms with E-state index in [2.05, 4.69) is 9.97 Å². The average molecular weight is 266 g/mol. The van der Waals surface area contributed by atoms with Crippen LogP contribution in [0, 0.1) is 0 Å². The number of fused-ring (bicyclic) bond motifs is 1. The van der Waals surface area contributed by atoms with Crippen molar-refractivity contribution in [2.75, 3.05) is 6.61 Å². The Labute approximate surface area is 116 Å². The summed E-state index contributed by atoms with van der Waals surface area (Å²) >= 11 is 0. The minimum absolute atomic E-state index is 0.110. The van der Waals surface area contributed by atoms with Gasteiger partial charge in [0.25, 0.3) is 5.56 Å². The molecule has 20 heavy (non-hydrogen) atoms. The molecule has 0 aliphatic rings. The van der Waals surface area contributed by atoms with Gasteiger partial charge in [-0.3, -0.25) is 4.79 Å².